The van der Waals surface area contributed by atoms with Crippen molar-refractivity contribution >= 4 is 17.2 Å². The Hall–Kier alpha value is -1.79. The van der Waals surface area contributed by atoms with E-state index in [4.69, 9.17) is 9.97 Å². The average Bonchev–Trinajstić information content (AvgIpc) is 3.13. The lowest BCUT2D eigenvalue weighted by molar-refractivity contribution is 0.0735. The zero-order valence-corrected chi connectivity index (χ0v) is 21.6. The summed E-state index contributed by atoms with van der Waals surface area (Å²) in [4.78, 5) is 23.7. The zero-order chi connectivity index (χ0) is 23.8. The van der Waals surface area contributed by atoms with Crippen molar-refractivity contribution in [1.82, 2.24) is 15.3 Å². The number of carbonyl (C=O) groups excluding carboxylic acids is 1. The number of nitrogens with zero attached hydrogens (tertiary/aromatic N) is 2. The Balaban J connectivity index is 1.76. The van der Waals surface area contributed by atoms with Gasteiger partial charge in [-0.05, 0) is 63.1 Å². The minimum atomic E-state index is -1.05. The van der Waals surface area contributed by atoms with Gasteiger partial charge in [-0.2, -0.15) is 0 Å². The van der Waals surface area contributed by atoms with Gasteiger partial charge in [-0.1, -0.05) is 52.9 Å². The minimum absolute atomic E-state index is 0.0475. The molecule has 2 fully saturated rings. The summed E-state index contributed by atoms with van der Waals surface area (Å²) in [5.41, 5.74) is 2.43. The number of nitrogens with one attached hydrogen (secondary N) is 1. The van der Waals surface area contributed by atoms with Gasteiger partial charge in [0.15, 0.2) is 5.01 Å². The molecule has 2 saturated carbocycles. The fourth-order valence-electron chi connectivity index (χ4n) is 4.64. The number of hydrogen-bond donors (Lipinski definition) is 2. The molecule has 0 unspecified atom stereocenters. The van der Waals surface area contributed by atoms with Gasteiger partial charge < -0.3 is 10.4 Å². The van der Waals surface area contributed by atoms with Crippen molar-refractivity contribution < 1.29 is 9.90 Å². The molecule has 2 aromatic heterocycles. The van der Waals surface area contributed by atoms with Gasteiger partial charge in [-0.15, -0.1) is 11.3 Å². The second kappa shape index (κ2) is 9.46. The number of amides is 1. The standard InChI is InChI=1S/C27H39N3O2S/c1-26(2,3)21-15-18(16-22(30-21)27(4,5)32)23-20(14-17-10-7-6-8-11-17)29-25(33-23)24(31)28-19-12-9-13-19/h15-17,19,32H,6-14H2,1-5H3,(H,28,31). The van der Waals surface area contributed by atoms with Crippen LogP contribution in [0.1, 0.15) is 113 Å². The SMILES string of the molecule is CC(C)(C)c1cc(-c2sc(C(=O)NC3CCC3)nc2CC2CCCCC2)cc(C(C)(C)O)n1. The molecule has 0 atom stereocenters. The molecule has 5 nitrogen and oxygen atoms in total. The van der Waals surface area contributed by atoms with E-state index in [-0.39, 0.29) is 11.3 Å². The summed E-state index contributed by atoms with van der Waals surface area (Å²) in [5, 5.41) is 14.5. The smallest absolute Gasteiger partial charge is 0.280 e. The Morgan fingerprint density at radius 1 is 1.00 bits per heavy atom. The van der Waals surface area contributed by atoms with Crippen LogP contribution in [-0.4, -0.2) is 27.0 Å². The zero-order valence-electron chi connectivity index (χ0n) is 20.8. The molecule has 2 aliphatic carbocycles. The second-order valence-electron chi connectivity index (χ2n) is 11.5. The van der Waals surface area contributed by atoms with E-state index in [0.29, 0.717) is 22.7 Å². The van der Waals surface area contributed by atoms with Crippen molar-refractivity contribution in [1.29, 1.82) is 0 Å². The Kier molecular flexibility index (Phi) is 6.97. The molecular formula is C27H39N3O2S. The first kappa shape index (κ1) is 24.3. The summed E-state index contributed by atoms with van der Waals surface area (Å²) in [7, 11) is 0. The van der Waals surface area contributed by atoms with E-state index in [9.17, 15) is 9.90 Å². The molecule has 0 bridgehead atoms. The van der Waals surface area contributed by atoms with Crippen LogP contribution in [0.2, 0.25) is 0 Å². The highest BCUT2D eigenvalue weighted by atomic mass is 32.1. The largest absolute Gasteiger partial charge is 0.384 e. The topological polar surface area (TPSA) is 75.1 Å². The number of aromatic nitrogens is 2. The maximum Gasteiger partial charge on any atom is 0.280 e. The highest BCUT2D eigenvalue weighted by Crippen LogP contribution is 2.38. The van der Waals surface area contributed by atoms with Crippen molar-refractivity contribution in [2.75, 3.05) is 0 Å². The maximum atomic E-state index is 13.0. The highest BCUT2D eigenvalue weighted by Gasteiger charge is 2.28. The van der Waals surface area contributed by atoms with Crippen molar-refractivity contribution in [3.8, 4) is 10.4 Å². The van der Waals surface area contributed by atoms with E-state index >= 15 is 0 Å². The van der Waals surface area contributed by atoms with Gasteiger partial charge >= 0.3 is 0 Å². The van der Waals surface area contributed by atoms with Crippen LogP contribution in [0.25, 0.3) is 10.4 Å². The van der Waals surface area contributed by atoms with Crippen molar-refractivity contribution in [3.05, 3.63) is 34.2 Å². The Morgan fingerprint density at radius 3 is 2.24 bits per heavy atom. The summed E-state index contributed by atoms with van der Waals surface area (Å²) < 4.78 is 0. The van der Waals surface area contributed by atoms with Crippen LogP contribution in [0.4, 0.5) is 0 Å². The molecule has 0 spiro atoms. The predicted octanol–water partition coefficient (Wildman–Crippen LogP) is 6.14. The van der Waals surface area contributed by atoms with Crippen LogP contribution >= 0.6 is 11.3 Å². The molecule has 2 aliphatic rings. The summed E-state index contributed by atoms with van der Waals surface area (Å²) in [6, 6.07) is 4.41. The number of hydrogen-bond acceptors (Lipinski definition) is 5. The fourth-order valence-corrected chi connectivity index (χ4v) is 5.62. The lowest BCUT2D eigenvalue weighted by Gasteiger charge is -2.25. The van der Waals surface area contributed by atoms with Gasteiger partial charge in [0.05, 0.1) is 16.3 Å². The Morgan fingerprint density at radius 2 is 1.67 bits per heavy atom. The molecule has 180 valence electrons. The van der Waals surface area contributed by atoms with E-state index < -0.39 is 5.60 Å². The highest BCUT2D eigenvalue weighted by molar-refractivity contribution is 7.17. The third kappa shape index (κ3) is 5.83. The molecule has 2 heterocycles. The predicted molar refractivity (Wildman–Crippen MR) is 135 cm³/mol. The first-order valence-electron chi connectivity index (χ1n) is 12.6. The Bertz CT molecular complexity index is 958. The average molecular weight is 470 g/mol. The second-order valence-corrected chi connectivity index (χ2v) is 12.5. The van der Waals surface area contributed by atoms with Gasteiger partial charge in [-0.25, -0.2) is 4.98 Å². The monoisotopic (exact) mass is 469 g/mol. The number of aliphatic hydroxyl groups is 1. The van der Waals surface area contributed by atoms with Gasteiger partial charge in [0, 0.05) is 17.2 Å². The maximum absolute atomic E-state index is 13.0. The summed E-state index contributed by atoms with van der Waals surface area (Å²) in [5.74, 6) is 0.577. The summed E-state index contributed by atoms with van der Waals surface area (Å²) in [6.07, 6.45) is 10.6. The van der Waals surface area contributed by atoms with E-state index in [1.54, 1.807) is 13.8 Å². The fraction of sp³-hybridized carbons (Fsp3) is 0.667. The molecular weight excluding hydrogens is 430 g/mol. The molecule has 0 aromatic carbocycles. The normalized spacial score (nSPS) is 18.2. The van der Waals surface area contributed by atoms with Crippen molar-refractivity contribution in [2.45, 2.75) is 109 Å². The molecule has 6 heteroatoms. The lowest BCUT2D eigenvalue weighted by Crippen LogP contribution is -2.39. The van der Waals surface area contributed by atoms with Crippen molar-refractivity contribution in [3.63, 3.8) is 0 Å². The van der Waals surface area contributed by atoms with Crippen LogP contribution in [0.15, 0.2) is 12.1 Å². The molecule has 1 amide bonds. The van der Waals surface area contributed by atoms with E-state index in [1.165, 1.54) is 49.9 Å². The van der Waals surface area contributed by atoms with Gasteiger partial charge in [0.1, 0.15) is 5.60 Å². The summed E-state index contributed by atoms with van der Waals surface area (Å²) in [6.45, 7) is 9.97. The van der Waals surface area contributed by atoms with E-state index in [2.05, 4.69) is 32.2 Å². The summed E-state index contributed by atoms with van der Waals surface area (Å²) >= 11 is 1.49. The van der Waals surface area contributed by atoms with Crippen LogP contribution < -0.4 is 5.32 Å². The van der Waals surface area contributed by atoms with Gasteiger partial charge in [-0.3, -0.25) is 9.78 Å². The van der Waals surface area contributed by atoms with Gasteiger partial charge in [0.2, 0.25) is 0 Å². The molecule has 0 radical (unpaired) electrons. The van der Waals surface area contributed by atoms with E-state index in [1.807, 2.05) is 6.07 Å². The van der Waals surface area contributed by atoms with Crippen molar-refractivity contribution in [2.24, 2.45) is 5.92 Å². The number of thiazole rings is 1. The number of pyridine rings is 1. The van der Waals surface area contributed by atoms with Crippen LogP contribution in [0.5, 0.6) is 0 Å². The molecule has 2 N–H and O–H groups in total. The molecule has 0 saturated heterocycles. The first-order chi connectivity index (χ1) is 15.5. The molecule has 33 heavy (non-hydrogen) atoms. The lowest BCUT2D eigenvalue weighted by atomic mass is 9.85. The Labute approximate surface area is 202 Å². The third-order valence-electron chi connectivity index (χ3n) is 7.02. The molecule has 2 aromatic rings. The quantitative estimate of drug-likeness (QED) is 0.533. The number of rotatable bonds is 6. The first-order valence-corrected chi connectivity index (χ1v) is 13.4. The number of carbonyl (C=O) groups is 1. The molecule has 4 rings (SSSR count). The van der Waals surface area contributed by atoms with Crippen LogP contribution in [-0.2, 0) is 17.4 Å². The van der Waals surface area contributed by atoms with Gasteiger partial charge in [0.25, 0.3) is 5.91 Å². The van der Waals surface area contributed by atoms with Crippen LogP contribution in [0.3, 0.4) is 0 Å². The van der Waals surface area contributed by atoms with E-state index in [0.717, 1.165) is 41.1 Å². The minimum Gasteiger partial charge on any atom is -0.384 e. The van der Waals surface area contributed by atoms with Crippen LogP contribution in [0, 0.1) is 5.92 Å². The third-order valence-corrected chi connectivity index (χ3v) is 8.17. The molecule has 0 aliphatic heterocycles.